The van der Waals surface area contributed by atoms with Crippen molar-refractivity contribution < 1.29 is 19.4 Å². The van der Waals surface area contributed by atoms with Crippen LogP contribution in [-0.4, -0.2) is 46.3 Å². The van der Waals surface area contributed by atoms with Crippen LogP contribution in [0.25, 0.3) is 0 Å². The van der Waals surface area contributed by atoms with Crippen molar-refractivity contribution in [1.82, 2.24) is 15.3 Å². The summed E-state index contributed by atoms with van der Waals surface area (Å²) in [7, 11) is 0. The zero-order valence-electron chi connectivity index (χ0n) is 14.5. The van der Waals surface area contributed by atoms with E-state index in [1.165, 1.54) is 0 Å². The van der Waals surface area contributed by atoms with E-state index in [0.29, 0.717) is 6.54 Å². The van der Waals surface area contributed by atoms with Crippen LogP contribution in [-0.2, 0) is 4.79 Å². The Morgan fingerprint density at radius 1 is 1.15 bits per heavy atom. The van der Waals surface area contributed by atoms with Crippen LogP contribution in [0.4, 0.5) is 0 Å². The number of aliphatic hydroxyl groups is 1. The lowest BCUT2D eigenvalue weighted by Gasteiger charge is -2.35. The zero-order valence-corrected chi connectivity index (χ0v) is 14.5. The number of amides is 1. The molecule has 3 atom stereocenters. The second-order valence-electron chi connectivity index (χ2n) is 6.28. The molecule has 1 aliphatic rings. The number of para-hydroxylation sites is 1. The Morgan fingerprint density at radius 2 is 1.92 bits per heavy atom. The molecule has 1 heterocycles. The van der Waals surface area contributed by atoms with Gasteiger partial charge in [0.15, 0.2) is 6.61 Å². The van der Waals surface area contributed by atoms with Gasteiger partial charge in [-0.2, -0.15) is 0 Å². The highest BCUT2D eigenvalue weighted by atomic mass is 16.5. The van der Waals surface area contributed by atoms with Gasteiger partial charge in [-0.3, -0.25) is 4.79 Å². The molecule has 0 saturated heterocycles. The molecule has 7 nitrogen and oxygen atoms in total. The Morgan fingerprint density at radius 3 is 2.69 bits per heavy atom. The van der Waals surface area contributed by atoms with Gasteiger partial charge in [0.25, 0.3) is 5.91 Å². The van der Waals surface area contributed by atoms with Gasteiger partial charge in [-0.1, -0.05) is 18.2 Å². The van der Waals surface area contributed by atoms with E-state index >= 15 is 0 Å². The number of nitrogens with one attached hydrogen (secondary N) is 1. The summed E-state index contributed by atoms with van der Waals surface area (Å²) in [5.74, 6) is 0.433. The number of carbonyl (C=O) groups excluding carboxylic acids is 1. The molecule has 3 rings (SSSR count). The molecule has 0 unspecified atom stereocenters. The molecule has 0 aliphatic heterocycles. The maximum Gasteiger partial charge on any atom is 0.316 e. The van der Waals surface area contributed by atoms with E-state index in [0.717, 1.165) is 25.0 Å². The maximum atomic E-state index is 11.9. The van der Waals surface area contributed by atoms with Gasteiger partial charge < -0.3 is 19.9 Å². The van der Waals surface area contributed by atoms with Gasteiger partial charge in [0.1, 0.15) is 11.9 Å². The van der Waals surface area contributed by atoms with Crippen LogP contribution in [0.2, 0.25) is 0 Å². The minimum atomic E-state index is -0.623. The van der Waals surface area contributed by atoms with Crippen molar-refractivity contribution in [1.29, 1.82) is 0 Å². The molecule has 1 amide bonds. The second-order valence-corrected chi connectivity index (χ2v) is 6.28. The Labute approximate surface area is 152 Å². The Kier molecular flexibility index (Phi) is 6.38. The van der Waals surface area contributed by atoms with E-state index < -0.39 is 6.10 Å². The average molecular weight is 357 g/mol. The molecule has 7 heteroatoms. The van der Waals surface area contributed by atoms with Crippen molar-refractivity contribution in [2.24, 2.45) is 5.92 Å². The molecule has 2 aromatic rings. The minimum absolute atomic E-state index is 0.0469. The number of rotatable bonds is 7. The van der Waals surface area contributed by atoms with Crippen molar-refractivity contribution >= 4 is 5.91 Å². The van der Waals surface area contributed by atoms with Crippen LogP contribution >= 0.6 is 0 Å². The molecule has 0 radical (unpaired) electrons. The third-order valence-electron chi connectivity index (χ3n) is 4.39. The smallest absolute Gasteiger partial charge is 0.316 e. The molecule has 1 aliphatic carbocycles. The number of benzene rings is 1. The lowest BCUT2D eigenvalue weighted by atomic mass is 9.84. The van der Waals surface area contributed by atoms with Gasteiger partial charge in [0.05, 0.1) is 6.10 Å². The first-order valence-electron chi connectivity index (χ1n) is 8.78. The van der Waals surface area contributed by atoms with Crippen molar-refractivity contribution in [2.75, 3.05) is 13.2 Å². The molecule has 2 N–H and O–H groups in total. The molecule has 1 saturated carbocycles. The third-order valence-corrected chi connectivity index (χ3v) is 4.39. The molecule has 0 bridgehead atoms. The van der Waals surface area contributed by atoms with Crippen LogP contribution in [0.1, 0.15) is 19.3 Å². The van der Waals surface area contributed by atoms with Crippen LogP contribution in [0.5, 0.6) is 11.8 Å². The lowest BCUT2D eigenvalue weighted by Crippen LogP contribution is -2.46. The summed E-state index contributed by atoms with van der Waals surface area (Å²) in [5, 5.41) is 13.4. The number of aromatic nitrogens is 2. The Hall–Kier alpha value is -2.67. The molecule has 26 heavy (non-hydrogen) atoms. The monoisotopic (exact) mass is 357 g/mol. The molecular formula is C19H23N3O4. The first-order chi connectivity index (χ1) is 12.7. The van der Waals surface area contributed by atoms with Gasteiger partial charge in [0.2, 0.25) is 0 Å². The maximum absolute atomic E-state index is 11.9. The van der Waals surface area contributed by atoms with Crippen LogP contribution in [0, 0.1) is 5.92 Å². The van der Waals surface area contributed by atoms with E-state index in [4.69, 9.17) is 9.47 Å². The number of aliphatic hydroxyl groups excluding tert-OH is 1. The van der Waals surface area contributed by atoms with Crippen molar-refractivity contribution in [3.8, 4) is 11.8 Å². The predicted molar refractivity (Wildman–Crippen MR) is 94.7 cm³/mol. The Balaban J connectivity index is 1.44. The fourth-order valence-electron chi connectivity index (χ4n) is 3.04. The SMILES string of the molecule is O=C(COc1ncccn1)NC[C@H]1CCC[C@@H](Oc2ccccc2)[C@@H]1O. The summed E-state index contributed by atoms with van der Waals surface area (Å²) in [4.78, 5) is 19.7. The van der Waals surface area contributed by atoms with Crippen LogP contribution in [0.3, 0.4) is 0 Å². The summed E-state index contributed by atoms with van der Waals surface area (Å²) in [6.07, 6.45) is 4.80. The number of ether oxygens (including phenoxy) is 2. The summed E-state index contributed by atoms with van der Waals surface area (Å²) in [5.41, 5.74) is 0. The van der Waals surface area contributed by atoms with Crippen molar-refractivity contribution in [3.05, 3.63) is 48.8 Å². The molecule has 1 aromatic carbocycles. The largest absolute Gasteiger partial charge is 0.488 e. The predicted octanol–water partition coefficient (Wildman–Crippen LogP) is 1.58. The lowest BCUT2D eigenvalue weighted by molar-refractivity contribution is -0.124. The summed E-state index contributed by atoms with van der Waals surface area (Å²) < 4.78 is 11.1. The highest BCUT2D eigenvalue weighted by Gasteiger charge is 2.33. The average Bonchev–Trinajstić information content (AvgIpc) is 2.69. The molecule has 138 valence electrons. The fourth-order valence-corrected chi connectivity index (χ4v) is 3.04. The molecule has 0 spiro atoms. The second kappa shape index (κ2) is 9.15. The summed E-state index contributed by atoms with van der Waals surface area (Å²) in [6.45, 7) is 0.227. The normalized spacial score (nSPS) is 22.4. The van der Waals surface area contributed by atoms with E-state index in [1.807, 2.05) is 30.3 Å². The van der Waals surface area contributed by atoms with Crippen LogP contribution < -0.4 is 14.8 Å². The summed E-state index contributed by atoms with van der Waals surface area (Å²) >= 11 is 0. The van der Waals surface area contributed by atoms with Crippen LogP contribution in [0.15, 0.2) is 48.8 Å². The summed E-state index contributed by atoms with van der Waals surface area (Å²) in [6, 6.07) is 11.3. The van der Waals surface area contributed by atoms with E-state index in [2.05, 4.69) is 15.3 Å². The van der Waals surface area contributed by atoms with E-state index in [1.54, 1.807) is 18.5 Å². The van der Waals surface area contributed by atoms with Gasteiger partial charge in [0, 0.05) is 24.9 Å². The fraction of sp³-hybridized carbons (Fsp3) is 0.421. The highest BCUT2D eigenvalue weighted by Crippen LogP contribution is 2.28. The molecular weight excluding hydrogens is 334 g/mol. The van der Waals surface area contributed by atoms with E-state index in [-0.39, 0.29) is 30.5 Å². The first-order valence-corrected chi connectivity index (χ1v) is 8.78. The Bertz CT molecular complexity index is 684. The van der Waals surface area contributed by atoms with Gasteiger partial charge in [-0.15, -0.1) is 0 Å². The van der Waals surface area contributed by atoms with Crippen molar-refractivity contribution in [2.45, 2.75) is 31.5 Å². The topological polar surface area (TPSA) is 93.6 Å². The molecule has 1 fully saturated rings. The third kappa shape index (κ3) is 5.16. The van der Waals surface area contributed by atoms with E-state index in [9.17, 15) is 9.90 Å². The zero-order chi connectivity index (χ0) is 18.2. The van der Waals surface area contributed by atoms with Crippen molar-refractivity contribution in [3.63, 3.8) is 0 Å². The number of hydrogen-bond acceptors (Lipinski definition) is 6. The first kappa shape index (κ1) is 18.1. The minimum Gasteiger partial charge on any atom is -0.488 e. The number of hydrogen-bond donors (Lipinski definition) is 2. The molecule has 1 aromatic heterocycles. The number of nitrogens with zero attached hydrogens (tertiary/aromatic N) is 2. The van der Waals surface area contributed by atoms with Gasteiger partial charge in [-0.25, -0.2) is 9.97 Å². The standard InChI is InChI=1S/C19H23N3O4/c23-17(13-25-19-20-10-5-11-21-19)22-12-14-6-4-9-16(18(14)24)26-15-7-2-1-3-8-15/h1-3,5,7-8,10-11,14,16,18,24H,4,6,9,12-13H2,(H,22,23)/t14-,16-,18-/m1/s1. The number of carbonyl (C=O) groups is 1. The van der Waals surface area contributed by atoms with Gasteiger partial charge >= 0.3 is 6.01 Å². The quantitative estimate of drug-likeness (QED) is 0.781. The van der Waals surface area contributed by atoms with Gasteiger partial charge in [-0.05, 0) is 37.5 Å². The highest BCUT2D eigenvalue weighted by molar-refractivity contribution is 5.77.